The molecule has 69 heavy (non-hydrogen) atoms. The minimum atomic E-state index is -4.36. The average molecular weight is 991 g/mol. The molecular formula is C60H114N2O6P+. The molecule has 404 valence electrons. The molecule has 0 aliphatic heterocycles. The van der Waals surface area contributed by atoms with Gasteiger partial charge < -0.3 is 19.8 Å². The number of nitrogens with zero attached hydrogens (tertiary/aromatic N) is 1. The van der Waals surface area contributed by atoms with Gasteiger partial charge in [-0.3, -0.25) is 13.8 Å². The molecule has 9 heteroatoms. The third kappa shape index (κ3) is 53.8. The van der Waals surface area contributed by atoms with Gasteiger partial charge in [-0.2, -0.15) is 0 Å². The molecule has 1 amide bonds. The van der Waals surface area contributed by atoms with E-state index < -0.39 is 20.0 Å². The zero-order chi connectivity index (χ0) is 50.6. The minimum absolute atomic E-state index is 0.0521. The molecule has 3 N–H and O–H groups in total. The van der Waals surface area contributed by atoms with Crippen molar-refractivity contribution in [2.24, 2.45) is 0 Å². The molecule has 0 rings (SSSR count). The summed E-state index contributed by atoms with van der Waals surface area (Å²) in [6.45, 7) is 4.80. The molecule has 0 saturated heterocycles. The number of rotatable bonds is 53. The van der Waals surface area contributed by atoms with Gasteiger partial charge in [0.15, 0.2) is 0 Å². The van der Waals surface area contributed by atoms with Crippen LogP contribution in [0.3, 0.4) is 0 Å². The molecule has 0 bridgehead atoms. The van der Waals surface area contributed by atoms with Crippen molar-refractivity contribution in [3.8, 4) is 0 Å². The highest BCUT2D eigenvalue weighted by molar-refractivity contribution is 7.47. The van der Waals surface area contributed by atoms with E-state index in [0.717, 1.165) is 51.4 Å². The number of phosphoric acid groups is 1. The minimum Gasteiger partial charge on any atom is -0.387 e. The van der Waals surface area contributed by atoms with Crippen LogP contribution >= 0.6 is 7.82 Å². The van der Waals surface area contributed by atoms with Gasteiger partial charge in [-0.05, 0) is 77.0 Å². The van der Waals surface area contributed by atoms with Gasteiger partial charge in [0.2, 0.25) is 5.91 Å². The molecule has 3 atom stereocenters. The normalized spacial score (nSPS) is 14.4. The Morgan fingerprint density at radius 1 is 0.493 bits per heavy atom. The lowest BCUT2D eigenvalue weighted by Crippen LogP contribution is -2.45. The standard InChI is InChI=1S/C60H113N2O6P/c1-6-8-10-12-14-16-18-20-22-24-26-27-28-29-30-31-32-33-34-35-36-38-40-42-44-46-48-50-52-54-60(64)61-58(57-68-69(65,66)67-56-55-62(3,4)5)59(63)53-51-49-47-45-43-41-39-37-25-23-21-19-17-15-13-11-9-7-2/h25-27,29-30,37,43,45,51,53,58-59,63H,6-24,28,31-36,38-42,44,46-50,52,54-57H2,1-5H3,(H-,61,64,65,66)/p+1/b27-26-,30-29-,37-25+,45-43+,53-51+. The summed E-state index contributed by atoms with van der Waals surface area (Å²) >= 11 is 0. The summed E-state index contributed by atoms with van der Waals surface area (Å²) < 4.78 is 23.7. The molecule has 0 aromatic carbocycles. The molecular weight excluding hydrogens is 876 g/mol. The van der Waals surface area contributed by atoms with Gasteiger partial charge >= 0.3 is 7.82 Å². The van der Waals surface area contributed by atoms with Crippen molar-refractivity contribution in [2.45, 2.75) is 276 Å². The van der Waals surface area contributed by atoms with Crippen molar-refractivity contribution >= 4 is 13.7 Å². The van der Waals surface area contributed by atoms with Crippen LogP contribution in [0.15, 0.2) is 60.8 Å². The lowest BCUT2D eigenvalue weighted by Gasteiger charge is -2.25. The van der Waals surface area contributed by atoms with E-state index in [1.807, 2.05) is 27.2 Å². The molecule has 8 nitrogen and oxygen atoms in total. The highest BCUT2D eigenvalue weighted by Crippen LogP contribution is 2.43. The third-order valence-corrected chi connectivity index (χ3v) is 13.9. The van der Waals surface area contributed by atoms with Gasteiger partial charge in [0.05, 0.1) is 39.9 Å². The fraction of sp³-hybridized carbons (Fsp3) is 0.817. The summed E-state index contributed by atoms with van der Waals surface area (Å²) in [6, 6.07) is -0.872. The summed E-state index contributed by atoms with van der Waals surface area (Å²) in [5.41, 5.74) is 0. The lowest BCUT2D eigenvalue weighted by atomic mass is 10.0. The number of nitrogens with one attached hydrogen (secondary N) is 1. The second-order valence-corrected chi connectivity index (χ2v) is 22.4. The number of phosphoric ester groups is 1. The predicted molar refractivity (Wildman–Crippen MR) is 300 cm³/mol. The van der Waals surface area contributed by atoms with Crippen LogP contribution in [-0.2, 0) is 18.4 Å². The fourth-order valence-corrected chi connectivity index (χ4v) is 9.08. The van der Waals surface area contributed by atoms with E-state index in [1.54, 1.807) is 6.08 Å². The SMILES string of the molecule is CCCCCCCCCC/C=C/CC/C=C/CC/C=C/C(O)C(COP(=O)(O)OCC[N+](C)(C)C)NC(=O)CCCCCCCCCCCCCCC/C=C\C/C=C\CCCCCCCCCCC. The van der Waals surface area contributed by atoms with Gasteiger partial charge in [0.1, 0.15) is 13.2 Å². The van der Waals surface area contributed by atoms with Crippen molar-refractivity contribution in [1.82, 2.24) is 5.32 Å². The van der Waals surface area contributed by atoms with E-state index in [2.05, 4.69) is 67.8 Å². The van der Waals surface area contributed by atoms with Crippen LogP contribution < -0.4 is 5.32 Å². The first-order valence-corrected chi connectivity index (χ1v) is 30.7. The van der Waals surface area contributed by atoms with Crippen molar-refractivity contribution in [3.05, 3.63) is 60.8 Å². The predicted octanol–water partition coefficient (Wildman–Crippen LogP) is 17.7. The molecule has 0 aliphatic carbocycles. The monoisotopic (exact) mass is 990 g/mol. The summed E-state index contributed by atoms with van der Waals surface area (Å²) in [4.78, 5) is 23.3. The van der Waals surface area contributed by atoms with Crippen LogP contribution in [0, 0.1) is 0 Å². The second-order valence-electron chi connectivity index (χ2n) is 21.0. The van der Waals surface area contributed by atoms with E-state index in [0.29, 0.717) is 17.4 Å². The topological polar surface area (TPSA) is 105 Å². The van der Waals surface area contributed by atoms with Crippen LogP contribution in [0.4, 0.5) is 0 Å². The maximum absolute atomic E-state index is 13.0. The van der Waals surface area contributed by atoms with Gasteiger partial charge in [-0.25, -0.2) is 4.57 Å². The first-order chi connectivity index (χ1) is 33.5. The number of carbonyl (C=O) groups is 1. The fourth-order valence-electron chi connectivity index (χ4n) is 8.34. The smallest absolute Gasteiger partial charge is 0.387 e. The zero-order valence-electron chi connectivity index (χ0n) is 46.0. The van der Waals surface area contributed by atoms with Crippen LogP contribution in [0.1, 0.15) is 264 Å². The summed E-state index contributed by atoms with van der Waals surface area (Å²) in [5, 5.41) is 13.9. The molecule has 0 aliphatic rings. The summed E-state index contributed by atoms with van der Waals surface area (Å²) in [5.74, 6) is -0.191. The molecule has 0 spiro atoms. The molecule has 0 aromatic rings. The second kappa shape index (κ2) is 51.1. The van der Waals surface area contributed by atoms with Crippen molar-refractivity contribution in [1.29, 1.82) is 0 Å². The number of hydrogen-bond acceptors (Lipinski definition) is 5. The largest absolute Gasteiger partial charge is 0.472 e. The first kappa shape index (κ1) is 67.2. The number of aliphatic hydroxyl groups is 1. The van der Waals surface area contributed by atoms with E-state index in [1.165, 1.54) is 193 Å². The van der Waals surface area contributed by atoms with Crippen LogP contribution in [0.25, 0.3) is 0 Å². The Balaban J connectivity index is 4.21. The highest BCUT2D eigenvalue weighted by Gasteiger charge is 2.27. The van der Waals surface area contributed by atoms with E-state index in [-0.39, 0.29) is 19.1 Å². The lowest BCUT2D eigenvalue weighted by molar-refractivity contribution is -0.870. The quantitative estimate of drug-likeness (QED) is 0.0243. The van der Waals surface area contributed by atoms with Crippen LogP contribution in [0.5, 0.6) is 0 Å². The molecule has 0 heterocycles. The number of unbranched alkanes of at least 4 members (excludes halogenated alkanes) is 32. The van der Waals surface area contributed by atoms with E-state index >= 15 is 0 Å². The number of aliphatic hydroxyl groups excluding tert-OH is 1. The molecule has 3 unspecified atom stereocenters. The Labute approximate surface area is 428 Å². The Bertz CT molecular complexity index is 1310. The number of allylic oxidation sites excluding steroid dienone is 9. The number of hydrogen-bond donors (Lipinski definition) is 3. The maximum Gasteiger partial charge on any atom is 0.472 e. The first-order valence-electron chi connectivity index (χ1n) is 29.2. The molecule has 0 saturated carbocycles. The van der Waals surface area contributed by atoms with E-state index in [9.17, 15) is 19.4 Å². The number of likely N-dealkylation sites (N-methyl/N-ethyl adjacent to an activating group) is 1. The van der Waals surface area contributed by atoms with Gasteiger partial charge in [-0.1, -0.05) is 242 Å². The van der Waals surface area contributed by atoms with Crippen LogP contribution in [-0.4, -0.2) is 73.4 Å². The Hall–Kier alpha value is -1.80. The Morgan fingerprint density at radius 3 is 1.25 bits per heavy atom. The zero-order valence-corrected chi connectivity index (χ0v) is 46.9. The van der Waals surface area contributed by atoms with Gasteiger partial charge in [-0.15, -0.1) is 0 Å². The Kier molecular flexibility index (Phi) is 49.8. The van der Waals surface area contributed by atoms with Crippen LogP contribution in [0.2, 0.25) is 0 Å². The average Bonchev–Trinajstić information content (AvgIpc) is 3.31. The van der Waals surface area contributed by atoms with E-state index in [4.69, 9.17) is 9.05 Å². The maximum atomic E-state index is 13.0. The van der Waals surface area contributed by atoms with Crippen molar-refractivity contribution in [2.75, 3.05) is 40.9 Å². The van der Waals surface area contributed by atoms with Gasteiger partial charge in [0.25, 0.3) is 0 Å². The molecule has 0 radical (unpaired) electrons. The number of quaternary nitrogens is 1. The third-order valence-electron chi connectivity index (χ3n) is 12.9. The van der Waals surface area contributed by atoms with Gasteiger partial charge in [0, 0.05) is 6.42 Å². The summed E-state index contributed by atoms with van der Waals surface area (Å²) in [6.07, 6.45) is 69.0. The van der Waals surface area contributed by atoms with Crippen molar-refractivity contribution < 1.29 is 32.9 Å². The highest BCUT2D eigenvalue weighted by atomic mass is 31.2. The Morgan fingerprint density at radius 2 is 0.841 bits per heavy atom. The number of carbonyl (C=O) groups excluding carboxylic acids is 1. The molecule has 0 aromatic heterocycles. The molecule has 0 fully saturated rings. The van der Waals surface area contributed by atoms with Crippen molar-refractivity contribution in [3.63, 3.8) is 0 Å². The summed E-state index contributed by atoms with van der Waals surface area (Å²) in [7, 11) is 1.55. The number of amides is 1.